The van der Waals surface area contributed by atoms with Crippen LogP contribution in [0.15, 0.2) is 18.2 Å². The largest absolute Gasteiger partial charge is 0.497 e. The van der Waals surface area contributed by atoms with E-state index >= 15 is 0 Å². The first kappa shape index (κ1) is 22.3. The van der Waals surface area contributed by atoms with Gasteiger partial charge in [-0.05, 0) is 67.8 Å². The second-order valence-electron chi connectivity index (χ2n) is 10.6. The lowest BCUT2D eigenvalue weighted by Crippen LogP contribution is -2.76. The first-order valence-corrected chi connectivity index (χ1v) is 11.7. The average molecular weight is 458 g/mol. The maximum atomic E-state index is 13.6. The predicted molar refractivity (Wildman–Crippen MR) is 117 cm³/mol. The topological polar surface area (TPSA) is 124 Å². The Morgan fingerprint density at radius 2 is 1.88 bits per heavy atom. The summed E-state index contributed by atoms with van der Waals surface area (Å²) in [5, 5.41) is 31.7. The molecule has 0 unspecified atom stereocenters. The summed E-state index contributed by atoms with van der Waals surface area (Å²) in [6, 6.07) is 5.51. The molecular formula is C25H31NO7. The maximum absolute atomic E-state index is 13.6. The lowest BCUT2D eigenvalue weighted by atomic mass is 9.44. The van der Waals surface area contributed by atoms with Crippen molar-refractivity contribution in [3.63, 3.8) is 0 Å². The van der Waals surface area contributed by atoms with Crippen LogP contribution in [0.5, 0.6) is 5.75 Å². The van der Waals surface area contributed by atoms with Crippen LogP contribution in [0, 0.1) is 11.3 Å². The second kappa shape index (κ2) is 7.53. The van der Waals surface area contributed by atoms with Gasteiger partial charge in [0, 0.05) is 24.4 Å². The SMILES string of the molecule is COc1ccc2c(c1)[C@]13CCN(CC4CC4)[C@H](C2)[C@]1(O)CC(CC(=O)O)(CC(=O)O)C(=O)C3. The van der Waals surface area contributed by atoms with Gasteiger partial charge in [0.15, 0.2) is 0 Å². The fraction of sp³-hybridized carbons (Fsp3) is 0.640. The minimum absolute atomic E-state index is 0.0575. The molecule has 3 N–H and O–H groups in total. The number of benzene rings is 1. The number of fused-ring (bicyclic) bond motifs is 1. The molecule has 178 valence electrons. The molecule has 1 aliphatic heterocycles. The molecule has 8 heteroatoms. The van der Waals surface area contributed by atoms with Gasteiger partial charge in [-0.1, -0.05) is 6.07 Å². The summed E-state index contributed by atoms with van der Waals surface area (Å²) in [7, 11) is 1.58. The molecule has 2 saturated carbocycles. The molecule has 5 rings (SSSR count). The number of likely N-dealkylation sites (tertiary alicyclic amines) is 1. The first-order chi connectivity index (χ1) is 15.6. The number of hydrogen-bond donors (Lipinski definition) is 3. The van der Waals surface area contributed by atoms with Gasteiger partial charge in [0.05, 0.1) is 31.0 Å². The normalized spacial score (nSPS) is 32.5. The Labute approximate surface area is 192 Å². The number of ether oxygens (including phenoxy) is 1. The molecule has 33 heavy (non-hydrogen) atoms. The van der Waals surface area contributed by atoms with Crippen LogP contribution in [0.4, 0.5) is 0 Å². The van der Waals surface area contributed by atoms with E-state index in [1.165, 1.54) is 12.8 Å². The highest BCUT2D eigenvalue weighted by Gasteiger charge is 2.70. The van der Waals surface area contributed by atoms with Crippen LogP contribution in [0.3, 0.4) is 0 Å². The van der Waals surface area contributed by atoms with Gasteiger partial charge >= 0.3 is 11.9 Å². The maximum Gasteiger partial charge on any atom is 0.304 e. The first-order valence-electron chi connectivity index (χ1n) is 11.7. The molecule has 3 fully saturated rings. The third kappa shape index (κ3) is 3.37. The van der Waals surface area contributed by atoms with Crippen molar-refractivity contribution in [1.29, 1.82) is 0 Å². The van der Waals surface area contributed by atoms with Crippen LogP contribution < -0.4 is 4.74 Å². The number of aliphatic carboxylic acids is 2. The Kier molecular flexibility index (Phi) is 5.10. The molecule has 0 spiro atoms. The van der Waals surface area contributed by atoms with Crippen LogP contribution in [-0.4, -0.2) is 69.8 Å². The summed E-state index contributed by atoms with van der Waals surface area (Å²) in [6.07, 6.45) is 2.09. The highest BCUT2D eigenvalue weighted by atomic mass is 16.5. The van der Waals surface area contributed by atoms with Crippen LogP contribution >= 0.6 is 0 Å². The van der Waals surface area contributed by atoms with Gasteiger partial charge in [-0.3, -0.25) is 19.3 Å². The van der Waals surface area contributed by atoms with E-state index in [2.05, 4.69) is 4.90 Å². The number of Topliss-reactive ketones (excluding diaryl/α,β-unsaturated/α-hetero) is 1. The predicted octanol–water partition coefficient (Wildman–Crippen LogP) is 2.00. The molecule has 0 radical (unpaired) electrons. The second-order valence-corrected chi connectivity index (χ2v) is 10.6. The molecular weight excluding hydrogens is 426 g/mol. The van der Waals surface area contributed by atoms with Gasteiger partial charge in [0.1, 0.15) is 11.5 Å². The third-order valence-electron chi connectivity index (χ3n) is 8.72. The highest BCUT2D eigenvalue weighted by Crippen LogP contribution is 2.62. The summed E-state index contributed by atoms with van der Waals surface area (Å²) in [4.78, 5) is 39.5. The van der Waals surface area contributed by atoms with Crippen molar-refractivity contribution in [2.75, 3.05) is 20.2 Å². The Morgan fingerprint density at radius 1 is 1.18 bits per heavy atom. The third-order valence-corrected chi connectivity index (χ3v) is 8.72. The van der Waals surface area contributed by atoms with Gasteiger partial charge in [0.25, 0.3) is 0 Å². The molecule has 1 aromatic carbocycles. The Hall–Kier alpha value is -2.45. The number of aliphatic hydroxyl groups is 1. The summed E-state index contributed by atoms with van der Waals surface area (Å²) >= 11 is 0. The summed E-state index contributed by atoms with van der Waals surface area (Å²) in [5.74, 6) is -1.57. The Morgan fingerprint density at radius 3 is 2.48 bits per heavy atom. The summed E-state index contributed by atoms with van der Waals surface area (Å²) < 4.78 is 5.45. The molecule has 1 aromatic rings. The van der Waals surface area contributed by atoms with E-state index in [1.54, 1.807) is 7.11 Å². The Bertz CT molecular complexity index is 1000. The number of carbonyl (C=O) groups excluding carboxylic acids is 1. The van der Waals surface area contributed by atoms with Crippen LogP contribution in [-0.2, 0) is 26.2 Å². The average Bonchev–Trinajstić information content (AvgIpc) is 3.54. The number of piperidine rings is 1. The van der Waals surface area contributed by atoms with E-state index in [-0.39, 0.29) is 24.7 Å². The van der Waals surface area contributed by atoms with Crippen LogP contribution in [0.2, 0.25) is 0 Å². The van der Waals surface area contributed by atoms with Crippen molar-refractivity contribution >= 4 is 17.7 Å². The zero-order valence-electron chi connectivity index (χ0n) is 18.9. The minimum atomic E-state index is -1.62. The van der Waals surface area contributed by atoms with Gasteiger partial charge in [0.2, 0.25) is 0 Å². The number of carboxylic acids is 2. The van der Waals surface area contributed by atoms with E-state index < -0.39 is 41.2 Å². The quantitative estimate of drug-likeness (QED) is 0.568. The molecule has 4 aliphatic rings. The molecule has 0 amide bonds. The van der Waals surface area contributed by atoms with E-state index in [9.17, 15) is 29.7 Å². The Balaban J connectivity index is 1.66. The molecule has 0 aromatic heterocycles. The van der Waals surface area contributed by atoms with Crippen molar-refractivity contribution < 1.29 is 34.4 Å². The number of methoxy groups -OCH3 is 1. The van der Waals surface area contributed by atoms with E-state index in [0.29, 0.717) is 24.5 Å². The molecule has 1 saturated heterocycles. The van der Waals surface area contributed by atoms with E-state index in [4.69, 9.17) is 4.74 Å². The van der Waals surface area contributed by atoms with Crippen molar-refractivity contribution in [3.05, 3.63) is 29.3 Å². The van der Waals surface area contributed by atoms with Gasteiger partial charge in [-0.25, -0.2) is 0 Å². The monoisotopic (exact) mass is 457 g/mol. The van der Waals surface area contributed by atoms with Gasteiger partial charge in [-0.15, -0.1) is 0 Å². The van der Waals surface area contributed by atoms with Crippen molar-refractivity contribution in [3.8, 4) is 5.75 Å². The minimum Gasteiger partial charge on any atom is -0.497 e. The molecule has 2 bridgehead atoms. The standard InChI is InChI=1S/C25H31NO7/c1-33-17-5-4-16-8-19-25(32)14-23(11-21(28)29,12-22(30)31)20(27)10-24(25,18(16)9-17)6-7-26(19)13-15-2-3-15/h4-5,9,15,19,32H,2-3,6-8,10-14H2,1H3,(H,28,29)(H,30,31)/t19-,24-,25-/m1/s1. The number of carboxylic acid groups (broad SMARTS) is 2. The zero-order chi connectivity index (χ0) is 23.6. The van der Waals surface area contributed by atoms with Crippen LogP contribution in [0.25, 0.3) is 0 Å². The summed E-state index contributed by atoms with van der Waals surface area (Å²) in [6.45, 7) is 1.62. The van der Waals surface area contributed by atoms with Gasteiger partial charge in [-0.2, -0.15) is 0 Å². The zero-order valence-corrected chi connectivity index (χ0v) is 18.9. The lowest BCUT2D eigenvalue weighted by Gasteiger charge is -2.66. The highest BCUT2D eigenvalue weighted by molar-refractivity contribution is 5.94. The van der Waals surface area contributed by atoms with Crippen molar-refractivity contribution in [2.45, 2.75) is 68.4 Å². The van der Waals surface area contributed by atoms with Crippen molar-refractivity contribution in [2.24, 2.45) is 11.3 Å². The fourth-order valence-corrected chi connectivity index (χ4v) is 7.02. The molecule has 3 atom stereocenters. The summed E-state index contributed by atoms with van der Waals surface area (Å²) in [5.41, 5.74) is -1.94. The number of rotatable bonds is 7. The van der Waals surface area contributed by atoms with Crippen molar-refractivity contribution in [1.82, 2.24) is 4.90 Å². The smallest absolute Gasteiger partial charge is 0.304 e. The number of ketones is 1. The molecule has 3 aliphatic carbocycles. The van der Waals surface area contributed by atoms with E-state index in [0.717, 1.165) is 24.2 Å². The number of hydrogen-bond acceptors (Lipinski definition) is 6. The molecule has 8 nitrogen and oxygen atoms in total. The van der Waals surface area contributed by atoms with Gasteiger partial charge < -0.3 is 20.1 Å². The number of nitrogens with zero attached hydrogens (tertiary/aromatic N) is 1. The number of carbonyl (C=O) groups is 3. The van der Waals surface area contributed by atoms with Crippen LogP contribution in [0.1, 0.15) is 56.1 Å². The lowest BCUT2D eigenvalue weighted by molar-refractivity contribution is -0.199. The fourth-order valence-electron chi connectivity index (χ4n) is 7.02. The molecule has 1 heterocycles. The van der Waals surface area contributed by atoms with E-state index in [1.807, 2.05) is 18.2 Å².